The molecule has 1 fully saturated rings. The number of nitrogens with zero attached hydrogens (tertiary/aromatic N) is 4. The van der Waals surface area contributed by atoms with Crippen LogP contribution < -0.4 is 5.32 Å². The van der Waals surface area contributed by atoms with Gasteiger partial charge in [0.05, 0.1) is 6.20 Å². The number of likely N-dealkylation sites (tertiary alicyclic amines) is 1. The van der Waals surface area contributed by atoms with Gasteiger partial charge in [0.25, 0.3) is 5.91 Å². The topological polar surface area (TPSA) is 82.8 Å². The first-order valence-corrected chi connectivity index (χ1v) is 9.29. The summed E-state index contributed by atoms with van der Waals surface area (Å²) in [6, 6.07) is 7.87. The SMILES string of the molecule is O=C1N(Cc2ccc(F)cc2)CCC[C@@]1(O)CNCc1cnn2cccnc12. The quantitative estimate of drug-likeness (QED) is 0.674. The molecule has 0 unspecified atom stereocenters. The molecule has 0 aliphatic carbocycles. The second-order valence-corrected chi connectivity index (χ2v) is 7.15. The highest BCUT2D eigenvalue weighted by Crippen LogP contribution is 2.24. The second-order valence-electron chi connectivity index (χ2n) is 7.15. The fraction of sp³-hybridized carbons (Fsp3) is 0.350. The van der Waals surface area contributed by atoms with Crippen molar-refractivity contribution in [1.29, 1.82) is 0 Å². The molecule has 1 aliphatic heterocycles. The average Bonchev–Trinajstić information content (AvgIpc) is 3.11. The number of aliphatic hydroxyl groups is 1. The summed E-state index contributed by atoms with van der Waals surface area (Å²) in [7, 11) is 0. The van der Waals surface area contributed by atoms with Gasteiger partial charge in [-0.2, -0.15) is 5.10 Å². The van der Waals surface area contributed by atoms with Crippen LogP contribution in [0.15, 0.2) is 48.9 Å². The summed E-state index contributed by atoms with van der Waals surface area (Å²) in [6.45, 7) is 1.54. The third-order valence-corrected chi connectivity index (χ3v) is 5.08. The van der Waals surface area contributed by atoms with E-state index in [1.54, 1.807) is 40.0 Å². The molecule has 28 heavy (non-hydrogen) atoms. The lowest BCUT2D eigenvalue weighted by molar-refractivity contribution is -0.157. The van der Waals surface area contributed by atoms with E-state index in [1.807, 2.05) is 6.20 Å². The summed E-state index contributed by atoms with van der Waals surface area (Å²) in [5, 5.41) is 18.3. The first-order chi connectivity index (χ1) is 13.5. The highest BCUT2D eigenvalue weighted by atomic mass is 19.1. The van der Waals surface area contributed by atoms with Crippen LogP contribution in [-0.4, -0.2) is 49.2 Å². The van der Waals surface area contributed by atoms with Crippen LogP contribution in [0.5, 0.6) is 0 Å². The van der Waals surface area contributed by atoms with Gasteiger partial charge in [-0.1, -0.05) is 12.1 Å². The van der Waals surface area contributed by atoms with Gasteiger partial charge in [-0.3, -0.25) is 4.79 Å². The molecule has 2 aromatic heterocycles. The molecule has 4 rings (SSSR count). The van der Waals surface area contributed by atoms with Crippen molar-refractivity contribution >= 4 is 11.6 Å². The maximum Gasteiger partial charge on any atom is 0.256 e. The van der Waals surface area contributed by atoms with Crippen molar-refractivity contribution in [3.05, 3.63) is 65.9 Å². The zero-order chi connectivity index (χ0) is 19.6. The van der Waals surface area contributed by atoms with Crippen molar-refractivity contribution in [2.75, 3.05) is 13.1 Å². The second kappa shape index (κ2) is 7.65. The van der Waals surface area contributed by atoms with E-state index >= 15 is 0 Å². The number of fused-ring (bicyclic) bond motifs is 1. The number of piperidine rings is 1. The summed E-state index contributed by atoms with van der Waals surface area (Å²) < 4.78 is 14.8. The number of rotatable bonds is 6. The predicted molar refractivity (Wildman–Crippen MR) is 101 cm³/mol. The number of halogens is 1. The number of nitrogens with one attached hydrogen (secondary N) is 1. The monoisotopic (exact) mass is 383 g/mol. The molecule has 1 saturated heterocycles. The van der Waals surface area contributed by atoms with Crippen LogP contribution in [0.1, 0.15) is 24.0 Å². The molecule has 1 amide bonds. The standard InChI is InChI=1S/C20H22FN5O2/c21-17-5-3-15(4-6-17)13-25-9-1-7-20(28,19(25)27)14-22-11-16-12-24-26-10-2-8-23-18(16)26/h2-6,8,10,12,22,28H,1,7,9,11,13-14H2/t20-/m1/s1. The van der Waals surface area contributed by atoms with Crippen LogP contribution in [-0.2, 0) is 17.9 Å². The first kappa shape index (κ1) is 18.5. The van der Waals surface area contributed by atoms with Crippen LogP contribution >= 0.6 is 0 Å². The Bertz CT molecular complexity index is 974. The fourth-order valence-electron chi connectivity index (χ4n) is 3.60. The van der Waals surface area contributed by atoms with Crippen LogP contribution in [0.3, 0.4) is 0 Å². The third kappa shape index (κ3) is 3.74. The van der Waals surface area contributed by atoms with Gasteiger partial charge in [0.1, 0.15) is 5.82 Å². The molecule has 7 nitrogen and oxygen atoms in total. The first-order valence-electron chi connectivity index (χ1n) is 9.29. The van der Waals surface area contributed by atoms with Gasteiger partial charge in [-0.05, 0) is 36.6 Å². The van der Waals surface area contributed by atoms with E-state index in [0.717, 1.165) is 16.8 Å². The van der Waals surface area contributed by atoms with Gasteiger partial charge < -0.3 is 15.3 Å². The van der Waals surface area contributed by atoms with E-state index in [9.17, 15) is 14.3 Å². The maximum atomic E-state index is 13.1. The Morgan fingerprint density at radius 1 is 1.29 bits per heavy atom. The molecule has 0 spiro atoms. The van der Waals surface area contributed by atoms with E-state index in [-0.39, 0.29) is 18.3 Å². The van der Waals surface area contributed by atoms with Gasteiger partial charge >= 0.3 is 0 Å². The molecule has 3 heterocycles. The number of amides is 1. The van der Waals surface area contributed by atoms with Gasteiger partial charge in [0.15, 0.2) is 11.2 Å². The highest BCUT2D eigenvalue weighted by molar-refractivity contribution is 5.86. The van der Waals surface area contributed by atoms with Crippen LogP contribution in [0.25, 0.3) is 5.65 Å². The Morgan fingerprint density at radius 2 is 2.11 bits per heavy atom. The summed E-state index contributed by atoms with van der Waals surface area (Å²) in [6.07, 6.45) is 6.36. The number of aromatic nitrogens is 3. The molecular weight excluding hydrogens is 361 g/mol. The summed E-state index contributed by atoms with van der Waals surface area (Å²) in [5.41, 5.74) is 1.03. The van der Waals surface area contributed by atoms with Crippen molar-refractivity contribution < 1.29 is 14.3 Å². The smallest absolute Gasteiger partial charge is 0.256 e. The molecule has 8 heteroatoms. The number of benzene rings is 1. The Balaban J connectivity index is 1.39. The summed E-state index contributed by atoms with van der Waals surface area (Å²) >= 11 is 0. The number of carbonyl (C=O) groups excluding carboxylic acids is 1. The lowest BCUT2D eigenvalue weighted by atomic mass is 9.91. The molecule has 146 valence electrons. The van der Waals surface area contributed by atoms with Crippen molar-refractivity contribution in [1.82, 2.24) is 24.8 Å². The average molecular weight is 383 g/mol. The normalized spacial score (nSPS) is 20.1. The fourth-order valence-corrected chi connectivity index (χ4v) is 3.60. The number of carbonyl (C=O) groups is 1. The predicted octanol–water partition coefficient (Wildman–Crippen LogP) is 1.51. The Hall–Kier alpha value is -2.84. The van der Waals surface area contributed by atoms with Gasteiger partial charge in [-0.25, -0.2) is 13.9 Å². The van der Waals surface area contributed by atoms with Crippen molar-refractivity contribution in [3.8, 4) is 0 Å². The molecular formula is C20H22FN5O2. The maximum absolute atomic E-state index is 13.1. The van der Waals surface area contributed by atoms with Gasteiger partial charge in [0.2, 0.25) is 0 Å². The molecule has 1 aliphatic rings. The van der Waals surface area contributed by atoms with E-state index < -0.39 is 5.60 Å². The molecule has 0 bridgehead atoms. The summed E-state index contributed by atoms with van der Waals surface area (Å²) in [5.74, 6) is -0.606. The van der Waals surface area contributed by atoms with Crippen molar-refractivity contribution in [2.45, 2.75) is 31.5 Å². The van der Waals surface area contributed by atoms with Crippen LogP contribution in [0.2, 0.25) is 0 Å². The molecule has 1 atom stereocenters. The molecule has 0 saturated carbocycles. The molecule has 1 aromatic carbocycles. The molecule has 2 N–H and O–H groups in total. The van der Waals surface area contributed by atoms with E-state index in [4.69, 9.17) is 0 Å². The highest BCUT2D eigenvalue weighted by Gasteiger charge is 2.41. The minimum atomic E-state index is -1.45. The van der Waals surface area contributed by atoms with E-state index in [1.165, 1.54) is 12.1 Å². The zero-order valence-electron chi connectivity index (χ0n) is 15.4. The molecule has 0 radical (unpaired) electrons. The van der Waals surface area contributed by atoms with Crippen molar-refractivity contribution in [2.24, 2.45) is 0 Å². The van der Waals surface area contributed by atoms with Crippen LogP contribution in [0, 0.1) is 5.82 Å². The van der Waals surface area contributed by atoms with E-state index in [2.05, 4.69) is 15.4 Å². The van der Waals surface area contributed by atoms with Gasteiger partial charge in [-0.15, -0.1) is 0 Å². The minimum absolute atomic E-state index is 0.149. The largest absolute Gasteiger partial charge is 0.379 e. The Kier molecular flexibility index (Phi) is 5.06. The van der Waals surface area contributed by atoms with Crippen LogP contribution in [0.4, 0.5) is 4.39 Å². The Morgan fingerprint density at radius 3 is 2.93 bits per heavy atom. The minimum Gasteiger partial charge on any atom is -0.379 e. The third-order valence-electron chi connectivity index (χ3n) is 5.08. The lowest BCUT2D eigenvalue weighted by Gasteiger charge is -2.38. The number of hydrogen-bond donors (Lipinski definition) is 2. The lowest BCUT2D eigenvalue weighted by Crippen LogP contribution is -2.57. The van der Waals surface area contributed by atoms with Crippen molar-refractivity contribution in [3.63, 3.8) is 0 Å². The van der Waals surface area contributed by atoms with Gasteiger partial charge in [0, 0.05) is 44.1 Å². The molecule has 3 aromatic rings. The summed E-state index contributed by atoms with van der Waals surface area (Å²) in [4.78, 5) is 18.8. The number of hydrogen-bond acceptors (Lipinski definition) is 5. The Labute approximate surface area is 161 Å². The zero-order valence-corrected chi connectivity index (χ0v) is 15.4. The van der Waals surface area contributed by atoms with E-state index in [0.29, 0.717) is 32.5 Å².